The zero-order valence-corrected chi connectivity index (χ0v) is 21.4. The maximum absolute atomic E-state index is 12.8. The van der Waals surface area contributed by atoms with Gasteiger partial charge in [0.25, 0.3) is 11.6 Å². The van der Waals surface area contributed by atoms with Gasteiger partial charge in [0.05, 0.1) is 28.5 Å². The molecule has 0 unspecified atom stereocenters. The number of piperazine rings is 1. The van der Waals surface area contributed by atoms with Gasteiger partial charge in [0.2, 0.25) is 5.91 Å². The number of carbonyl (C=O) groups is 3. The van der Waals surface area contributed by atoms with Crippen molar-refractivity contribution >= 4 is 40.9 Å². The van der Waals surface area contributed by atoms with E-state index >= 15 is 0 Å². The first-order valence-corrected chi connectivity index (χ1v) is 12.5. The summed E-state index contributed by atoms with van der Waals surface area (Å²) in [5.74, 6) is -1.01. The van der Waals surface area contributed by atoms with Gasteiger partial charge >= 0.3 is 5.97 Å². The second kappa shape index (κ2) is 12.5. The number of rotatable bonds is 8. The maximum atomic E-state index is 12.8. The van der Waals surface area contributed by atoms with E-state index in [0.717, 1.165) is 0 Å². The molecule has 10 nitrogen and oxygen atoms in total. The van der Waals surface area contributed by atoms with Gasteiger partial charge in [-0.05, 0) is 48.9 Å². The Morgan fingerprint density at radius 2 is 1.69 bits per heavy atom. The van der Waals surface area contributed by atoms with E-state index < -0.39 is 16.8 Å². The lowest BCUT2D eigenvalue weighted by Crippen LogP contribution is -2.49. The number of nitro groups is 1. The Bertz CT molecular complexity index is 1400. The molecule has 0 aliphatic carbocycles. The molecule has 1 N–H and O–H groups in total. The Labute approximate surface area is 225 Å². The largest absolute Gasteiger partial charge is 0.462 e. The zero-order valence-electron chi connectivity index (χ0n) is 21.4. The van der Waals surface area contributed by atoms with Gasteiger partial charge in [-0.15, -0.1) is 0 Å². The lowest BCUT2D eigenvalue weighted by atomic mass is 10.1. The van der Waals surface area contributed by atoms with Gasteiger partial charge < -0.3 is 19.9 Å². The zero-order chi connectivity index (χ0) is 27.8. The van der Waals surface area contributed by atoms with Crippen LogP contribution in [0.1, 0.15) is 33.2 Å². The number of nitro benzene ring substituents is 1. The van der Waals surface area contributed by atoms with Crippen LogP contribution in [0.5, 0.6) is 0 Å². The lowest BCUT2D eigenvalue weighted by Gasteiger charge is -2.37. The van der Waals surface area contributed by atoms with Crippen LogP contribution in [0.3, 0.4) is 0 Å². The van der Waals surface area contributed by atoms with Crippen molar-refractivity contribution in [1.82, 2.24) is 4.90 Å². The lowest BCUT2D eigenvalue weighted by molar-refractivity contribution is -0.384. The molecule has 0 bridgehead atoms. The number of hydrogen-bond acceptors (Lipinski definition) is 7. The fourth-order valence-electron chi connectivity index (χ4n) is 4.26. The van der Waals surface area contributed by atoms with Crippen LogP contribution < -0.4 is 10.2 Å². The molecule has 2 amide bonds. The second-order valence-corrected chi connectivity index (χ2v) is 8.77. The third-order valence-corrected chi connectivity index (χ3v) is 6.20. The SMILES string of the molecule is CCOC(=O)c1ccc(N2CCN(C(=O)c3ccccc3)CC2)c(NC(=O)/C=C/c2cccc([N+](=O)[O-])c2)c1. The number of benzene rings is 3. The first kappa shape index (κ1) is 27.1. The maximum Gasteiger partial charge on any atom is 0.338 e. The number of amides is 2. The number of ether oxygens (including phenoxy) is 1. The van der Waals surface area contributed by atoms with Crippen LogP contribution in [0, 0.1) is 10.1 Å². The molecule has 200 valence electrons. The minimum atomic E-state index is -0.509. The van der Waals surface area contributed by atoms with Gasteiger partial charge in [0.15, 0.2) is 0 Å². The van der Waals surface area contributed by atoms with Crippen LogP contribution in [0.15, 0.2) is 78.9 Å². The Morgan fingerprint density at radius 1 is 0.949 bits per heavy atom. The van der Waals surface area contributed by atoms with Crippen molar-refractivity contribution in [3.8, 4) is 0 Å². The Kier molecular flexibility index (Phi) is 8.67. The van der Waals surface area contributed by atoms with Crippen LogP contribution in [-0.4, -0.2) is 60.4 Å². The van der Waals surface area contributed by atoms with Gasteiger partial charge in [0, 0.05) is 50.0 Å². The fraction of sp³-hybridized carbons (Fsp3) is 0.207. The summed E-state index contributed by atoms with van der Waals surface area (Å²) in [6.07, 6.45) is 2.75. The average molecular weight is 529 g/mol. The highest BCUT2D eigenvalue weighted by Gasteiger charge is 2.24. The molecule has 1 fully saturated rings. The topological polar surface area (TPSA) is 122 Å². The molecule has 3 aromatic carbocycles. The van der Waals surface area contributed by atoms with Crippen molar-refractivity contribution in [3.05, 3.63) is 106 Å². The van der Waals surface area contributed by atoms with Gasteiger partial charge in [-0.25, -0.2) is 4.79 Å². The Hall–Kier alpha value is -4.99. The van der Waals surface area contributed by atoms with E-state index in [2.05, 4.69) is 5.32 Å². The first-order valence-electron chi connectivity index (χ1n) is 12.5. The molecule has 0 atom stereocenters. The van der Waals surface area contributed by atoms with Crippen LogP contribution in [-0.2, 0) is 9.53 Å². The standard InChI is InChI=1S/C29H28N4O6/c1-2-39-29(36)23-12-13-26(31-15-17-32(18-16-31)28(35)22-8-4-3-5-9-22)25(20-23)30-27(34)14-11-21-7-6-10-24(19-21)33(37)38/h3-14,19-20H,2,15-18H2,1H3,(H,30,34)/b14-11+. The van der Waals surface area contributed by atoms with Crippen molar-refractivity contribution in [2.24, 2.45) is 0 Å². The highest BCUT2D eigenvalue weighted by molar-refractivity contribution is 6.05. The molecule has 0 saturated carbocycles. The number of anilines is 2. The van der Waals surface area contributed by atoms with Crippen molar-refractivity contribution in [1.29, 1.82) is 0 Å². The number of nitrogens with zero attached hydrogens (tertiary/aromatic N) is 3. The summed E-state index contributed by atoms with van der Waals surface area (Å²) in [4.78, 5) is 52.4. The minimum Gasteiger partial charge on any atom is -0.462 e. The fourth-order valence-corrected chi connectivity index (χ4v) is 4.26. The van der Waals surface area contributed by atoms with Gasteiger partial charge in [-0.2, -0.15) is 0 Å². The van der Waals surface area contributed by atoms with E-state index in [1.165, 1.54) is 24.3 Å². The molecule has 10 heteroatoms. The summed E-state index contributed by atoms with van der Waals surface area (Å²) < 4.78 is 5.11. The molecular weight excluding hydrogens is 500 g/mol. The quantitative estimate of drug-likeness (QED) is 0.199. The summed E-state index contributed by atoms with van der Waals surface area (Å²) in [7, 11) is 0. The van der Waals surface area contributed by atoms with E-state index in [9.17, 15) is 24.5 Å². The predicted octanol–water partition coefficient (Wildman–Crippen LogP) is 4.39. The van der Waals surface area contributed by atoms with E-state index in [1.807, 2.05) is 23.1 Å². The third-order valence-electron chi connectivity index (χ3n) is 6.20. The molecule has 39 heavy (non-hydrogen) atoms. The van der Waals surface area contributed by atoms with E-state index in [4.69, 9.17) is 4.74 Å². The minimum absolute atomic E-state index is 0.0345. The Balaban J connectivity index is 1.51. The molecule has 1 heterocycles. The first-order chi connectivity index (χ1) is 18.9. The summed E-state index contributed by atoms with van der Waals surface area (Å²) in [5.41, 5.74) is 2.46. The molecule has 0 spiro atoms. The highest BCUT2D eigenvalue weighted by atomic mass is 16.6. The monoisotopic (exact) mass is 528 g/mol. The smallest absolute Gasteiger partial charge is 0.338 e. The molecule has 1 aliphatic heterocycles. The molecule has 4 rings (SSSR count). The average Bonchev–Trinajstić information content (AvgIpc) is 2.96. The van der Waals surface area contributed by atoms with Gasteiger partial charge in [-0.1, -0.05) is 30.3 Å². The van der Waals surface area contributed by atoms with Crippen LogP contribution >= 0.6 is 0 Å². The summed E-state index contributed by atoms with van der Waals surface area (Å²) in [6, 6.07) is 20.0. The van der Waals surface area contributed by atoms with Gasteiger partial charge in [-0.3, -0.25) is 19.7 Å². The summed E-state index contributed by atoms with van der Waals surface area (Å²) >= 11 is 0. The molecular formula is C29H28N4O6. The van der Waals surface area contributed by atoms with Crippen molar-refractivity contribution in [3.63, 3.8) is 0 Å². The normalized spacial score (nSPS) is 13.3. The highest BCUT2D eigenvalue weighted by Crippen LogP contribution is 2.29. The Morgan fingerprint density at radius 3 is 2.38 bits per heavy atom. The molecule has 3 aromatic rings. The number of esters is 1. The number of non-ortho nitro benzene ring substituents is 1. The second-order valence-electron chi connectivity index (χ2n) is 8.77. The van der Waals surface area contributed by atoms with Gasteiger partial charge in [0.1, 0.15) is 0 Å². The van der Waals surface area contributed by atoms with E-state index in [1.54, 1.807) is 54.3 Å². The molecule has 0 aromatic heterocycles. The summed E-state index contributed by atoms with van der Waals surface area (Å²) in [5, 5.41) is 13.8. The van der Waals surface area contributed by atoms with Crippen molar-refractivity contribution < 1.29 is 24.0 Å². The van der Waals surface area contributed by atoms with Crippen LogP contribution in [0.4, 0.5) is 17.1 Å². The number of carbonyl (C=O) groups excluding carboxylic acids is 3. The number of hydrogen-bond donors (Lipinski definition) is 1. The van der Waals surface area contributed by atoms with E-state index in [-0.39, 0.29) is 23.8 Å². The van der Waals surface area contributed by atoms with Crippen LogP contribution in [0.2, 0.25) is 0 Å². The predicted molar refractivity (Wildman–Crippen MR) is 148 cm³/mol. The van der Waals surface area contributed by atoms with Crippen LogP contribution in [0.25, 0.3) is 6.08 Å². The van der Waals surface area contributed by atoms with E-state index in [0.29, 0.717) is 48.7 Å². The summed E-state index contributed by atoms with van der Waals surface area (Å²) in [6.45, 7) is 3.98. The third kappa shape index (κ3) is 6.86. The molecule has 0 radical (unpaired) electrons. The number of nitrogens with one attached hydrogen (secondary N) is 1. The molecule has 1 aliphatic rings. The molecule has 1 saturated heterocycles. The van der Waals surface area contributed by atoms with Crippen molar-refractivity contribution in [2.45, 2.75) is 6.92 Å². The van der Waals surface area contributed by atoms with Crippen molar-refractivity contribution in [2.75, 3.05) is 43.0 Å².